The van der Waals surface area contributed by atoms with Crippen molar-refractivity contribution in [1.29, 1.82) is 0 Å². The zero-order valence-corrected chi connectivity index (χ0v) is 19.0. The number of rotatable bonds is 8. The summed E-state index contributed by atoms with van der Waals surface area (Å²) in [5, 5.41) is 10.8. The Morgan fingerprint density at radius 1 is 1.23 bits per heavy atom. The summed E-state index contributed by atoms with van der Waals surface area (Å²) < 4.78 is 40.7. The normalized spacial score (nSPS) is 25.7. The molecule has 170 valence electrons. The summed E-state index contributed by atoms with van der Waals surface area (Å²) in [6.07, 6.45) is 4.25. The molecule has 3 N–H and O–H groups in total. The smallest absolute Gasteiger partial charge is 0.229 e. The number of fused-ring (bicyclic) bond motifs is 1. The zero-order valence-electron chi connectivity index (χ0n) is 17.4. The average molecular weight is 472 g/mol. The van der Waals surface area contributed by atoms with Gasteiger partial charge in [0.25, 0.3) is 0 Å². The lowest BCUT2D eigenvalue weighted by Gasteiger charge is -2.19. The number of anilines is 3. The topological polar surface area (TPSA) is 132 Å². The molecule has 0 bridgehead atoms. The van der Waals surface area contributed by atoms with Crippen LogP contribution < -0.4 is 15.4 Å². The Labute approximate surface area is 185 Å². The van der Waals surface area contributed by atoms with E-state index in [0.29, 0.717) is 23.4 Å². The summed E-state index contributed by atoms with van der Waals surface area (Å²) in [6, 6.07) is -0.660. The van der Waals surface area contributed by atoms with Gasteiger partial charge in [-0.2, -0.15) is 10.1 Å². The fraction of sp³-hybridized carbons (Fsp3) is 0.611. The second-order valence-electron chi connectivity index (χ2n) is 8.16. The van der Waals surface area contributed by atoms with E-state index < -0.39 is 16.1 Å². The molecule has 2 saturated heterocycles. The van der Waals surface area contributed by atoms with E-state index in [2.05, 4.69) is 30.4 Å². The van der Waals surface area contributed by atoms with Crippen molar-refractivity contribution in [3.05, 3.63) is 23.6 Å². The number of hydrogen-bond donors (Lipinski definition) is 3. The minimum Gasteiger partial charge on any atom is -0.371 e. The largest absolute Gasteiger partial charge is 0.371 e. The van der Waals surface area contributed by atoms with Crippen LogP contribution in [0.25, 0.3) is 0 Å². The first-order valence-electron chi connectivity index (χ1n) is 9.98. The Morgan fingerprint density at radius 3 is 2.61 bits per heavy atom. The number of nitrogens with zero attached hydrogens (tertiary/aromatic N) is 4. The van der Waals surface area contributed by atoms with Gasteiger partial charge in [0.1, 0.15) is 17.2 Å². The van der Waals surface area contributed by atoms with E-state index in [1.807, 2.05) is 20.9 Å². The van der Waals surface area contributed by atoms with Gasteiger partial charge in [-0.25, -0.2) is 18.1 Å². The lowest BCUT2D eigenvalue weighted by Crippen LogP contribution is -2.45. The summed E-state index contributed by atoms with van der Waals surface area (Å²) in [5.74, 6) is 0.891. The van der Waals surface area contributed by atoms with Gasteiger partial charge >= 0.3 is 0 Å². The van der Waals surface area contributed by atoms with Crippen molar-refractivity contribution in [1.82, 2.24) is 24.5 Å². The molecule has 2 aliphatic rings. The molecule has 0 spiro atoms. The van der Waals surface area contributed by atoms with Crippen LogP contribution >= 0.6 is 11.6 Å². The van der Waals surface area contributed by atoms with Crippen LogP contribution in [-0.2, 0) is 26.5 Å². The molecule has 2 unspecified atom stereocenters. The van der Waals surface area contributed by atoms with Crippen LogP contribution in [0.15, 0.2) is 18.6 Å². The minimum atomic E-state index is -3.41. The zero-order chi connectivity index (χ0) is 22.2. The second kappa shape index (κ2) is 8.87. The molecule has 4 atom stereocenters. The summed E-state index contributed by atoms with van der Waals surface area (Å²) in [7, 11) is -1.59. The Bertz CT molecular complexity index is 1030. The summed E-state index contributed by atoms with van der Waals surface area (Å²) >= 11 is 6.28. The molecular formula is C18H26ClN7O4S. The third-order valence-corrected chi connectivity index (χ3v) is 7.01. The first-order valence-corrected chi connectivity index (χ1v) is 12.0. The van der Waals surface area contributed by atoms with Crippen molar-refractivity contribution in [2.45, 2.75) is 38.1 Å². The van der Waals surface area contributed by atoms with E-state index in [0.717, 1.165) is 5.69 Å². The van der Waals surface area contributed by atoms with Gasteiger partial charge < -0.3 is 20.1 Å². The van der Waals surface area contributed by atoms with Crippen LogP contribution in [0.1, 0.15) is 13.8 Å². The highest BCUT2D eigenvalue weighted by Gasteiger charge is 2.49. The fourth-order valence-corrected chi connectivity index (χ4v) is 5.54. The number of hydrogen-bond acceptors (Lipinski definition) is 9. The molecule has 0 amide bonds. The Balaban J connectivity index is 1.41. The molecule has 2 aromatic rings. The number of aryl methyl sites for hydroxylation is 1. The minimum absolute atomic E-state index is 0.0314. The number of sulfonamides is 1. The SMILES string of the molecule is CC(C)CS(=O)(=O)N[C@@H]1COC2C1OC[C@H]2Nc1nc(Nc2cnn(C)c2)ncc1Cl. The number of nitrogens with one attached hydrogen (secondary N) is 3. The quantitative estimate of drug-likeness (QED) is 0.518. The standard InChI is InChI=1S/C18H26ClN7O4S/c1-10(2)9-31(27,28)25-14-8-30-15-13(7-29-16(14)15)23-17-12(19)5-20-18(24-17)22-11-4-21-26(3)6-11/h4-6,10,13-16,25H,7-9H2,1-3H3,(H2,20,22,23,24)/t13-,14-,15?,16?/m1/s1. The third kappa shape index (κ3) is 5.26. The summed E-state index contributed by atoms with van der Waals surface area (Å²) in [5.41, 5.74) is 0.746. The highest BCUT2D eigenvalue weighted by Crippen LogP contribution is 2.31. The molecule has 0 radical (unpaired) electrons. The molecule has 2 aromatic heterocycles. The monoisotopic (exact) mass is 471 g/mol. The first kappa shape index (κ1) is 22.2. The molecule has 11 nitrogen and oxygen atoms in total. The second-order valence-corrected chi connectivity index (χ2v) is 10.4. The third-order valence-electron chi connectivity index (χ3n) is 4.96. The average Bonchev–Trinajstić information content (AvgIpc) is 3.36. The van der Waals surface area contributed by atoms with Gasteiger partial charge in [0.2, 0.25) is 16.0 Å². The van der Waals surface area contributed by atoms with E-state index in [1.165, 1.54) is 6.20 Å². The molecule has 2 fully saturated rings. The van der Waals surface area contributed by atoms with E-state index >= 15 is 0 Å². The van der Waals surface area contributed by atoms with Crippen molar-refractivity contribution < 1.29 is 17.9 Å². The van der Waals surface area contributed by atoms with Crippen molar-refractivity contribution in [2.24, 2.45) is 13.0 Å². The van der Waals surface area contributed by atoms with E-state index in [9.17, 15) is 8.42 Å². The van der Waals surface area contributed by atoms with Gasteiger partial charge in [-0.15, -0.1) is 0 Å². The van der Waals surface area contributed by atoms with Gasteiger partial charge in [0.15, 0.2) is 5.82 Å². The molecule has 4 heterocycles. The van der Waals surface area contributed by atoms with Crippen molar-refractivity contribution in [3.63, 3.8) is 0 Å². The lowest BCUT2D eigenvalue weighted by molar-refractivity contribution is 0.0690. The van der Waals surface area contributed by atoms with Crippen molar-refractivity contribution >= 4 is 39.1 Å². The van der Waals surface area contributed by atoms with Crippen molar-refractivity contribution in [2.75, 3.05) is 29.6 Å². The van der Waals surface area contributed by atoms with E-state index in [1.54, 1.807) is 17.1 Å². The van der Waals surface area contributed by atoms with Gasteiger partial charge in [0, 0.05) is 13.2 Å². The fourth-order valence-electron chi connectivity index (χ4n) is 3.76. The molecule has 0 aromatic carbocycles. The maximum absolute atomic E-state index is 12.3. The molecule has 31 heavy (non-hydrogen) atoms. The predicted octanol–water partition coefficient (Wildman–Crippen LogP) is 1.13. The van der Waals surface area contributed by atoms with Crippen LogP contribution in [-0.4, -0.2) is 71.4 Å². The summed E-state index contributed by atoms with van der Waals surface area (Å²) in [6.45, 7) is 4.31. The van der Waals surface area contributed by atoms with Crippen LogP contribution in [0.3, 0.4) is 0 Å². The maximum Gasteiger partial charge on any atom is 0.229 e. The van der Waals surface area contributed by atoms with E-state index in [-0.39, 0.29) is 36.5 Å². The Morgan fingerprint density at radius 2 is 1.94 bits per heavy atom. The van der Waals surface area contributed by atoms with Gasteiger partial charge in [-0.1, -0.05) is 25.4 Å². The van der Waals surface area contributed by atoms with Gasteiger partial charge in [-0.3, -0.25) is 4.68 Å². The highest BCUT2D eigenvalue weighted by atomic mass is 35.5. The molecule has 0 saturated carbocycles. The Kier molecular flexibility index (Phi) is 6.35. The molecular weight excluding hydrogens is 446 g/mol. The van der Waals surface area contributed by atoms with Crippen LogP contribution in [0.4, 0.5) is 17.5 Å². The summed E-state index contributed by atoms with van der Waals surface area (Å²) in [4.78, 5) is 8.63. The first-order chi connectivity index (χ1) is 14.7. The molecule has 13 heteroatoms. The molecule has 2 aliphatic heterocycles. The molecule has 0 aliphatic carbocycles. The number of aromatic nitrogens is 4. The van der Waals surface area contributed by atoms with E-state index in [4.69, 9.17) is 21.1 Å². The Hall–Kier alpha value is -1.99. The van der Waals surface area contributed by atoms with Crippen LogP contribution in [0, 0.1) is 5.92 Å². The lowest BCUT2D eigenvalue weighted by atomic mass is 10.1. The highest BCUT2D eigenvalue weighted by molar-refractivity contribution is 7.89. The predicted molar refractivity (Wildman–Crippen MR) is 116 cm³/mol. The van der Waals surface area contributed by atoms with Gasteiger partial charge in [-0.05, 0) is 5.92 Å². The molecule has 4 rings (SSSR count). The maximum atomic E-state index is 12.3. The van der Waals surface area contributed by atoms with Crippen LogP contribution in [0.2, 0.25) is 5.02 Å². The number of halogens is 1. The van der Waals surface area contributed by atoms with Crippen LogP contribution in [0.5, 0.6) is 0 Å². The van der Waals surface area contributed by atoms with Crippen molar-refractivity contribution in [3.8, 4) is 0 Å². The van der Waals surface area contributed by atoms with Gasteiger partial charge in [0.05, 0.1) is 49.1 Å². The number of ether oxygens (including phenoxy) is 2.